The number of fused-ring (bicyclic) bond motifs is 4. The Morgan fingerprint density at radius 2 is 1.59 bits per heavy atom. The van der Waals surface area contributed by atoms with Crippen LogP contribution in [-0.2, 0) is 0 Å². The van der Waals surface area contributed by atoms with Crippen LogP contribution in [0.3, 0.4) is 0 Å². The summed E-state index contributed by atoms with van der Waals surface area (Å²) in [7, 11) is 0. The molecule has 0 N–H and O–H groups in total. The lowest BCUT2D eigenvalue weighted by Gasteiger charge is -2.09. The van der Waals surface area contributed by atoms with Crippen LogP contribution in [0.2, 0.25) is 0 Å². The molecule has 0 aliphatic heterocycles. The second-order valence-corrected chi connectivity index (χ2v) is 9.60. The summed E-state index contributed by atoms with van der Waals surface area (Å²) >= 11 is 1.75. The number of hydrogen-bond donors (Lipinski definition) is 0. The van der Waals surface area contributed by atoms with Crippen molar-refractivity contribution in [3.05, 3.63) is 83.0 Å². The number of aryl methyl sites for hydroxylation is 4. The second kappa shape index (κ2) is 7.01. The molecule has 0 saturated heterocycles. The van der Waals surface area contributed by atoms with Gasteiger partial charge in [0.1, 0.15) is 10.4 Å². The Kier molecular flexibility index (Phi) is 4.21. The minimum Gasteiger partial charge on any atom is -0.437 e. The first kappa shape index (κ1) is 19.2. The maximum absolute atomic E-state index is 6.20. The zero-order valence-corrected chi connectivity index (χ0v) is 19.3. The summed E-state index contributed by atoms with van der Waals surface area (Å²) in [5.74, 6) is 0. The van der Waals surface area contributed by atoms with Crippen molar-refractivity contribution in [1.29, 1.82) is 0 Å². The maximum Gasteiger partial charge on any atom is 0.227 e. The highest BCUT2D eigenvalue weighted by Crippen LogP contribution is 2.39. The Morgan fingerprint density at radius 1 is 0.781 bits per heavy atom. The molecule has 0 atom stereocenters. The topological polar surface area (TPSA) is 38.9 Å². The summed E-state index contributed by atoms with van der Waals surface area (Å²) in [6.45, 7) is 8.51. The van der Waals surface area contributed by atoms with Gasteiger partial charge in [-0.25, -0.2) is 9.97 Å². The average Bonchev–Trinajstić information content (AvgIpc) is 3.32. The first-order valence-electron chi connectivity index (χ1n) is 10.8. The molecular formula is C28H22N2OS. The van der Waals surface area contributed by atoms with Gasteiger partial charge in [-0.3, -0.25) is 0 Å². The van der Waals surface area contributed by atoms with Gasteiger partial charge in [0, 0.05) is 32.3 Å². The second-order valence-electron chi connectivity index (χ2n) is 8.56. The van der Waals surface area contributed by atoms with Crippen molar-refractivity contribution in [2.24, 2.45) is 0 Å². The normalized spacial score (nSPS) is 11.8. The van der Waals surface area contributed by atoms with E-state index in [4.69, 9.17) is 9.40 Å². The molecule has 3 nitrogen and oxygen atoms in total. The Labute approximate surface area is 190 Å². The third-order valence-corrected chi connectivity index (χ3v) is 7.15. The Balaban J connectivity index is 1.53. The summed E-state index contributed by atoms with van der Waals surface area (Å²) in [5.41, 5.74) is 9.63. The largest absolute Gasteiger partial charge is 0.437 e. The van der Waals surface area contributed by atoms with Gasteiger partial charge in [-0.1, -0.05) is 29.8 Å². The lowest BCUT2D eigenvalue weighted by molar-refractivity contribution is 0.653. The fraction of sp³-hybridized carbons (Fsp3) is 0.143. The minimum absolute atomic E-state index is 0.678. The van der Waals surface area contributed by atoms with E-state index in [0.717, 1.165) is 38.1 Å². The van der Waals surface area contributed by atoms with E-state index in [9.17, 15) is 0 Å². The molecule has 4 heterocycles. The van der Waals surface area contributed by atoms with Crippen LogP contribution in [0.5, 0.6) is 0 Å². The number of nitrogens with zero attached hydrogens (tertiary/aromatic N) is 2. The number of para-hydroxylation sites is 1. The molecule has 0 aliphatic carbocycles. The predicted molar refractivity (Wildman–Crippen MR) is 135 cm³/mol. The van der Waals surface area contributed by atoms with E-state index in [1.54, 1.807) is 11.3 Å². The molecule has 2 aromatic carbocycles. The Bertz CT molecular complexity index is 1650. The lowest BCUT2D eigenvalue weighted by Crippen LogP contribution is -1.87. The number of hydrogen-bond acceptors (Lipinski definition) is 4. The molecule has 0 aliphatic rings. The van der Waals surface area contributed by atoms with Crippen LogP contribution in [0.4, 0.5) is 0 Å². The fourth-order valence-electron chi connectivity index (χ4n) is 4.73. The number of pyridine rings is 2. The van der Waals surface area contributed by atoms with Gasteiger partial charge in [-0.2, -0.15) is 0 Å². The molecule has 32 heavy (non-hydrogen) atoms. The lowest BCUT2D eigenvalue weighted by atomic mass is 9.98. The van der Waals surface area contributed by atoms with Gasteiger partial charge >= 0.3 is 0 Å². The highest BCUT2D eigenvalue weighted by atomic mass is 32.1. The SMILES string of the molecule is Cc1cc(C)c(-c2cc3ccc(-c4cccc5c4oc4nc(C)ccc45)nc3s2)c(C)c1. The van der Waals surface area contributed by atoms with E-state index in [-0.39, 0.29) is 0 Å². The standard InChI is InChI=1S/C28H22N2OS/c1-15-12-16(2)25(17(3)13-15)24-14-19-9-11-23(30-28(19)32-24)22-7-5-6-20-21-10-8-18(4)29-27(21)31-26(20)22/h5-14H,1-4H3. The van der Waals surface area contributed by atoms with Crippen molar-refractivity contribution in [3.8, 4) is 21.7 Å². The van der Waals surface area contributed by atoms with E-state index >= 15 is 0 Å². The van der Waals surface area contributed by atoms with Gasteiger partial charge < -0.3 is 4.42 Å². The van der Waals surface area contributed by atoms with Crippen LogP contribution in [0, 0.1) is 27.7 Å². The van der Waals surface area contributed by atoms with Crippen molar-refractivity contribution < 1.29 is 4.42 Å². The molecule has 6 aromatic rings. The molecule has 0 saturated carbocycles. The van der Waals surface area contributed by atoms with E-state index in [1.807, 2.05) is 13.0 Å². The first-order valence-corrected chi connectivity index (χ1v) is 11.6. The third kappa shape index (κ3) is 2.94. The Morgan fingerprint density at radius 3 is 2.41 bits per heavy atom. The summed E-state index contributed by atoms with van der Waals surface area (Å²) in [6.07, 6.45) is 0. The van der Waals surface area contributed by atoms with E-state index in [0.29, 0.717) is 5.71 Å². The number of rotatable bonds is 2. The monoisotopic (exact) mass is 434 g/mol. The van der Waals surface area contributed by atoms with Crippen molar-refractivity contribution in [2.75, 3.05) is 0 Å². The smallest absolute Gasteiger partial charge is 0.227 e. The van der Waals surface area contributed by atoms with Crippen molar-refractivity contribution in [2.45, 2.75) is 27.7 Å². The van der Waals surface area contributed by atoms with E-state index in [1.165, 1.54) is 32.5 Å². The molecule has 0 unspecified atom stereocenters. The van der Waals surface area contributed by atoms with Crippen LogP contribution in [0.15, 0.2) is 65.1 Å². The van der Waals surface area contributed by atoms with Gasteiger partial charge in [-0.05, 0) is 80.8 Å². The van der Waals surface area contributed by atoms with E-state index in [2.05, 4.69) is 80.4 Å². The van der Waals surface area contributed by atoms with Crippen LogP contribution in [0.1, 0.15) is 22.4 Å². The van der Waals surface area contributed by atoms with Crippen LogP contribution < -0.4 is 0 Å². The quantitative estimate of drug-likeness (QED) is 0.276. The molecule has 6 rings (SSSR count). The molecule has 0 bridgehead atoms. The first-order chi connectivity index (χ1) is 15.5. The number of aromatic nitrogens is 2. The minimum atomic E-state index is 0.678. The molecule has 0 radical (unpaired) electrons. The number of thiophene rings is 1. The molecule has 4 aromatic heterocycles. The van der Waals surface area contributed by atoms with Crippen LogP contribution >= 0.6 is 11.3 Å². The summed E-state index contributed by atoms with van der Waals surface area (Å²) in [4.78, 5) is 11.9. The number of furan rings is 1. The van der Waals surface area contributed by atoms with E-state index < -0.39 is 0 Å². The molecule has 4 heteroatoms. The van der Waals surface area contributed by atoms with Crippen molar-refractivity contribution in [1.82, 2.24) is 9.97 Å². The van der Waals surface area contributed by atoms with Crippen LogP contribution in [-0.4, -0.2) is 9.97 Å². The summed E-state index contributed by atoms with van der Waals surface area (Å²) in [6, 6.07) is 21.4. The van der Waals surface area contributed by atoms with Gasteiger partial charge in [0.05, 0.1) is 5.69 Å². The summed E-state index contributed by atoms with van der Waals surface area (Å²) in [5, 5.41) is 3.28. The predicted octanol–water partition coefficient (Wildman–Crippen LogP) is 8.16. The highest BCUT2D eigenvalue weighted by molar-refractivity contribution is 7.21. The third-order valence-electron chi connectivity index (χ3n) is 6.09. The zero-order valence-electron chi connectivity index (χ0n) is 18.5. The average molecular weight is 435 g/mol. The molecule has 0 amide bonds. The maximum atomic E-state index is 6.20. The van der Waals surface area contributed by atoms with Gasteiger partial charge in [0.25, 0.3) is 0 Å². The molecule has 0 spiro atoms. The number of benzene rings is 2. The van der Waals surface area contributed by atoms with Crippen molar-refractivity contribution >= 4 is 43.6 Å². The highest BCUT2D eigenvalue weighted by Gasteiger charge is 2.16. The van der Waals surface area contributed by atoms with Crippen molar-refractivity contribution in [3.63, 3.8) is 0 Å². The zero-order chi connectivity index (χ0) is 22.0. The van der Waals surface area contributed by atoms with Gasteiger partial charge in [-0.15, -0.1) is 11.3 Å². The molecule has 156 valence electrons. The van der Waals surface area contributed by atoms with Crippen LogP contribution in [0.25, 0.3) is 54.0 Å². The molecular weight excluding hydrogens is 412 g/mol. The summed E-state index contributed by atoms with van der Waals surface area (Å²) < 4.78 is 6.20. The Hall–Kier alpha value is -3.50. The molecule has 0 fully saturated rings. The van der Waals surface area contributed by atoms with Gasteiger partial charge in [0.2, 0.25) is 5.71 Å². The van der Waals surface area contributed by atoms with Gasteiger partial charge in [0.15, 0.2) is 0 Å². The fourth-order valence-corrected chi connectivity index (χ4v) is 5.94.